The van der Waals surface area contributed by atoms with Crippen LogP contribution in [0, 0.1) is 0 Å². The maximum atomic E-state index is 13.4. The zero-order valence-electron chi connectivity index (χ0n) is 18.9. The van der Waals surface area contributed by atoms with Gasteiger partial charge in [-0.25, -0.2) is 0 Å². The first kappa shape index (κ1) is 25.3. The standard InChI is InChI=1S/C27H29ClN2O4/c28-23-14-12-22(13-15-23)19-30(26(32)20-34-24-10-5-2-6-11-24)25(27(33)29-16-7-17-31)18-21-8-3-1-4-9-21/h1-6,8-15,25,31H,7,16-20H2,(H,29,33)/t25-/m1/s1. The van der Waals surface area contributed by atoms with Gasteiger partial charge in [0.2, 0.25) is 5.91 Å². The number of carbonyl (C=O) groups is 2. The first-order valence-corrected chi connectivity index (χ1v) is 11.6. The molecule has 0 bridgehead atoms. The minimum atomic E-state index is -0.761. The summed E-state index contributed by atoms with van der Waals surface area (Å²) in [6.07, 6.45) is 0.780. The number of hydrogen-bond donors (Lipinski definition) is 2. The molecule has 3 aromatic rings. The molecule has 0 unspecified atom stereocenters. The van der Waals surface area contributed by atoms with Crippen LogP contribution in [-0.2, 0) is 22.6 Å². The SMILES string of the molecule is O=C(NCCCO)[C@@H](Cc1ccccc1)N(Cc1ccc(Cl)cc1)C(=O)COc1ccccc1. The van der Waals surface area contributed by atoms with Gasteiger partial charge in [0.15, 0.2) is 6.61 Å². The summed E-state index contributed by atoms with van der Waals surface area (Å²) in [5, 5.41) is 12.5. The van der Waals surface area contributed by atoms with Crippen molar-refractivity contribution in [3.8, 4) is 5.75 Å². The molecular formula is C27H29ClN2O4. The van der Waals surface area contributed by atoms with E-state index in [0.717, 1.165) is 11.1 Å². The fourth-order valence-corrected chi connectivity index (χ4v) is 3.62. The number of hydrogen-bond acceptors (Lipinski definition) is 4. The first-order chi connectivity index (χ1) is 16.6. The Morgan fingerprint density at radius 1 is 0.912 bits per heavy atom. The lowest BCUT2D eigenvalue weighted by Crippen LogP contribution is -2.51. The van der Waals surface area contributed by atoms with Gasteiger partial charge in [0.25, 0.3) is 5.91 Å². The Bertz CT molecular complexity index is 1030. The molecule has 0 radical (unpaired) electrons. The van der Waals surface area contributed by atoms with Crippen molar-refractivity contribution in [2.75, 3.05) is 19.8 Å². The van der Waals surface area contributed by atoms with Crippen molar-refractivity contribution in [2.45, 2.75) is 25.4 Å². The Balaban J connectivity index is 1.86. The number of ether oxygens (including phenoxy) is 1. The van der Waals surface area contributed by atoms with E-state index < -0.39 is 6.04 Å². The summed E-state index contributed by atoms with van der Waals surface area (Å²) in [5.74, 6) is -0.00864. The van der Waals surface area contributed by atoms with Gasteiger partial charge in [0, 0.05) is 31.1 Å². The Kier molecular flexibility index (Phi) is 9.95. The fourth-order valence-electron chi connectivity index (χ4n) is 3.49. The van der Waals surface area contributed by atoms with Crippen molar-refractivity contribution in [1.82, 2.24) is 10.2 Å². The van der Waals surface area contributed by atoms with Crippen LogP contribution in [0.15, 0.2) is 84.9 Å². The zero-order chi connectivity index (χ0) is 24.2. The van der Waals surface area contributed by atoms with Crippen LogP contribution in [0.2, 0.25) is 5.02 Å². The van der Waals surface area contributed by atoms with Crippen molar-refractivity contribution in [3.63, 3.8) is 0 Å². The maximum absolute atomic E-state index is 13.4. The molecule has 2 N–H and O–H groups in total. The normalized spacial score (nSPS) is 11.5. The van der Waals surface area contributed by atoms with E-state index in [1.54, 1.807) is 29.2 Å². The van der Waals surface area contributed by atoms with Gasteiger partial charge in [0.1, 0.15) is 11.8 Å². The summed E-state index contributed by atoms with van der Waals surface area (Å²) in [7, 11) is 0. The minimum absolute atomic E-state index is 0.0258. The Hall–Kier alpha value is -3.35. The van der Waals surface area contributed by atoms with Crippen LogP contribution in [0.25, 0.3) is 0 Å². The largest absolute Gasteiger partial charge is 0.484 e. The number of amides is 2. The molecule has 0 saturated heterocycles. The third-order valence-corrected chi connectivity index (χ3v) is 5.53. The Morgan fingerprint density at radius 3 is 2.21 bits per heavy atom. The van der Waals surface area contributed by atoms with Gasteiger partial charge in [-0.15, -0.1) is 0 Å². The van der Waals surface area contributed by atoms with E-state index in [-0.39, 0.29) is 31.6 Å². The highest BCUT2D eigenvalue weighted by atomic mass is 35.5. The van der Waals surface area contributed by atoms with Crippen molar-refractivity contribution in [3.05, 3.63) is 101 Å². The molecule has 178 valence electrons. The highest BCUT2D eigenvalue weighted by molar-refractivity contribution is 6.30. The van der Waals surface area contributed by atoms with Crippen molar-refractivity contribution < 1.29 is 19.4 Å². The van der Waals surface area contributed by atoms with Gasteiger partial charge in [-0.3, -0.25) is 9.59 Å². The second-order valence-electron chi connectivity index (χ2n) is 7.82. The molecule has 0 saturated carbocycles. The molecule has 2 amide bonds. The number of carbonyl (C=O) groups excluding carboxylic acids is 2. The quantitative estimate of drug-likeness (QED) is 0.386. The summed E-state index contributed by atoms with van der Waals surface area (Å²) >= 11 is 6.03. The second kappa shape index (κ2) is 13.4. The lowest BCUT2D eigenvalue weighted by molar-refractivity contribution is -0.142. The van der Waals surface area contributed by atoms with E-state index in [9.17, 15) is 9.59 Å². The molecule has 0 aliphatic heterocycles. The van der Waals surface area contributed by atoms with Crippen molar-refractivity contribution >= 4 is 23.4 Å². The van der Waals surface area contributed by atoms with Gasteiger partial charge in [-0.1, -0.05) is 72.3 Å². The highest BCUT2D eigenvalue weighted by Gasteiger charge is 2.30. The van der Waals surface area contributed by atoms with Crippen LogP contribution in [0.4, 0.5) is 0 Å². The summed E-state index contributed by atoms with van der Waals surface area (Å²) < 4.78 is 5.71. The molecule has 1 atom stereocenters. The molecule has 34 heavy (non-hydrogen) atoms. The predicted molar refractivity (Wildman–Crippen MR) is 133 cm³/mol. The number of aliphatic hydroxyl groups is 1. The molecule has 0 heterocycles. The number of benzene rings is 3. The van der Waals surface area contributed by atoms with Gasteiger partial charge in [0.05, 0.1) is 0 Å². The van der Waals surface area contributed by atoms with Crippen molar-refractivity contribution in [2.24, 2.45) is 0 Å². The number of nitrogens with one attached hydrogen (secondary N) is 1. The third-order valence-electron chi connectivity index (χ3n) is 5.28. The van der Waals surface area contributed by atoms with Crippen LogP contribution in [0.3, 0.4) is 0 Å². The van der Waals surface area contributed by atoms with Crippen molar-refractivity contribution in [1.29, 1.82) is 0 Å². The Labute approximate surface area is 205 Å². The lowest BCUT2D eigenvalue weighted by Gasteiger charge is -2.31. The average molecular weight is 481 g/mol. The lowest BCUT2D eigenvalue weighted by atomic mass is 10.0. The number of rotatable bonds is 12. The van der Waals surface area contributed by atoms with E-state index in [2.05, 4.69) is 5.32 Å². The van der Waals surface area contributed by atoms with Gasteiger partial charge in [-0.2, -0.15) is 0 Å². The summed E-state index contributed by atoms with van der Waals surface area (Å²) in [4.78, 5) is 28.2. The van der Waals surface area contributed by atoms with E-state index >= 15 is 0 Å². The molecule has 0 aliphatic rings. The van der Waals surface area contributed by atoms with E-state index in [4.69, 9.17) is 21.4 Å². The monoisotopic (exact) mass is 480 g/mol. The summed E-state index contributed by atoms with van der Waals surface area (Å²) in [5.41, 5.74) is 1.78. The molecular weight excluding hydrogens is 452 g/mol. The third kappa shape index (κ3) is 7.90. The van der Waals surface area contributed by atoms with E-state index in [1.165, 1.54) is 0 Å². The fraction of sp³-hybridized carbons (Fsp3) is 0.259. The molecule has 0 aromatic heterocycles. The van der Waals surface area contributed by atoms with Gasteiger partial charge < -0.3 is 20.1 Å². The predicted octanol–water partition coefficient (Wildman–Crippen LogP) is 3.86. The minimum Gasteiger partial charge on any atom is -0.484 e. The Morgan fingerprint density at radius 2 is 1.56 bits per heavy atom. The number of aliphatic hydroxyl groups excluding tert-OH is 1. The molecule has 3 rings (SSSR count). The van der Waals surface area contributed by atoms with Crippen LogP contribution in [0.5, 0.6) is 5.75 Å². The molecule has 0 fully saturated rings. The second-order valence-corrected chi connectivity index (χ2v) is 8.26. The van der Waals surface area contributed by atoms with Gasteiger partial charge >= 0.3 is 0 Å². The van der Waals surface area contributed by atoms with Gasteiger partial charge in [-0.05, 0) is 41.8 Å². The average Bonchev–Trinajstić information content (AvgIpc) is 2.87. The number of halogens is 1. The first-order valence-electron chi connectivity index (χ1n) is 11.2. The van der Waals surface area contributed by atoms with Crippen LogP contribution in [-0.4, -0.2) is 47.6 Å². The summed E-state index contributed by atoms with van der Waals surface area (Å²) in [6.45, 7) is 0.317. The molecule has 6 nitrogen and oxygen atoms in total. The smallest absolute Gasteiger partial charge is 0.261 e. The molecule has 7 heteroatoms. The van der Waals surface area contributed by atoms with E-state index in [1.807, 2.05) is 60.7 Å². The molecule has 0 spiro atoms. The molecule has 3 aromatic carbocycles. The highest BCUT2D eigenvalue weighted by Crippen LogP contribution is 2.17. The summed E-state index contributed by atoms with van der Waals surface area (Å²) in [6, 6.07) is 25.1. The number of nitrogens with zero attached hydrogens (tertiary/aromatic N) is 1. The zero-order valence-corrected chi connectivity index (χ0v) is 19.7. The number of para-hydroxylation sites is 1. The van der Waals surface area contributed by atoms with E-state index in [0.29, 0.717) is 30.2 Å². The topological polar surface area (TPSA) is 78.9 Å². The van der Waals surface area contributed by atoms with Crippen LogP contribution in [0.1, 0.15) is 17.5 Å². The molecule has 0 aliphatic carbocycles. The van der Waals surface area contributed by atoms with Crippen LogP contribution >= 0.6 is 11.6 Å². The van der Waals surface area contributed by atoms with Crippen LogP contribution < -0.4 is 10.1 Å². The maximum Gasteiger partial charge on any atom is 0.261 e.